The van der Waals surface area contributed by atoms with Crippen LogP contribution < -0.4 is 0 Å². The van der Waals surface area contributed by atoms with Crippen LogP contribution in [0.4, 0.5) is 0 Å². The topological polar surface area (TPSA) is 22.1 Å². The Morgan fingerprint density at radius 3 is 3.21 bits per heavy atom. The van der Waals surface area contributed by atoms with Crippen molar-refractivity contribution in [2.24, 2.45) is 0 Å². The Morgan fingerprint density at radius 2 is 2.36 bits per heavy atom. The van der Waals surface area contributed by atoms with Gasteiger partial charge in [-0.15, -0.1) is 0 Å². The zero-order valence-electron chi connectivity index (χ0n) is 8.49. The van der Waals surface area contributed by atoms with Gasteiger partial charge in [0, 0.05) is 18.8 Å². The molecule has 0 fully saturated rings. The smallest absolute Gasteiger partial charge is 0.0967 e. The molecular weight excluding hydrogens is 174 g/mol. The zero-order valence-corrected chi connectivity index (χ0v) is 8.49. The maximum absolute atomic E-state index is 5.63. The van der Waals surface area contributed by atoms with Crippen LogP contribution in [0.15, 0.2) is 30.3 Å². The summed E-state index contributed by atoms with van der Waals surface area (Å²) in [7, 11) is 0. The number of fused-ring (bicyclic) bond motifs is 1. The van der Waals surface area contributed by atoms with Gasteiger partial charge in [0.25, 0.3) is 0 Å². The standard InChI is InChI=1S/C12H15NO/c1-2-7-14-12-4-3-11-9-13-6-5-10(11)8-12/h4-6,9H,2-3,7-8H2,1H3. The molecule has 0 amide bonds. The number of nitrogens with zero attached hydrogens (tertiary/aromatic N) is 1. The Morgan fingerprint density at radius 1 is 1.43 bits per heavy atom. The largest absolute Gasteiger partial charge is 0.498 e. The van der Waals surface area contributed by atoms with Crippen molar-refractivity contribution in [3.8, 4) is 0 Å². The Bertz CT molecular complexity index is 344. The first-order valence-corrected chi connectivity index (χ1v) is 5.13. The summed E-state index contributed by atoms with van der Waals surface area (Å²) < 4.78 is 5.63. The minimum atomic E-state index is 0.826. The Kier molecular flexibility index (Phi) is 2.82. The van der Waals surface area contributed by atoms with Crippen molar-refractivity contribution in [3.63, 3.8) is 0 Å². The van der Waals surface area contributed by atoms with Crippen LogP contribution >= 0.6 is 0 Å². The molecule has 0 saturated heterocycles. The van der Waals surface area contributed by atoms with Crippen LogP contribution in [0, 0.1) is 0 Å². The van der Waals surface area contributed by atoms with Gasteiger partial charge < -0.3 is 4.74 Å². The van der Waals surface area contributed by atoms with E-state index < -0.39 is 0 Å². The SMILES string of the molecule is CCCOC1=CCc2cnccc2C1. The number of rotatable bonds is 3. The predicted molar refractivity (Wildman–Crippen MR) is 56.0 cm³/mol. The molecule has 2 rings (SSSR count). The molecule has 1 aromatic rings. The fourth-order valence-corrected chi connectivity index (χ4v) is 1.64. The number of hydrogen-bond acceptors (Lipinski definition) is 2. The second kappa shape index (κ2) is 4.27. The van der Waals surface area contributed by atoms with Gasteiger partial charge in [-0.05, 0) is 36.1 Å². The minimum absolute atomic E-state index is 0.826. The molecule has 1 aliphatic rings. The number of ether oxygens (including phenoxy) is 1. The maximum Gasteiger partial charge on any atom is 0.0967 e. The average molecular weight is 189 g/mol. The van der Waals surface area contributed by atoms with E-state index in [9.17, 15) is 0 Å². The van der Waals surface area contributed by atoms with Gasteiger partial charge in [0.1, 0.15) is 0 Å². The first-order chi connectivity index (χ1) is 6.90. The summed E-state index contributed by atoms with van der Waals surface area (Å²) in [5.74, 6) is 1.12. The third-order valence-corrected chi connectivity index (χ3v) is 2.41. The molecule has 74 valence electrons. The van der Waals surface area contributed by atoms with Gasteiger partial charge in [-0.1, -0.05) is 6.92 Å². The third-order valence-electron chi connectivity index (χ3n) is 2.41. The molecular formula is C12H15NO. The zero-order chi connectivity index (χ0) is 9.80. The van der Waals surface area contributed by atoms with Crippen LogP contribution in [0.5, 0.6) is 0 Å². The summed E-state index contributed by atoms with van der Waals surface area (Å²) in [4.78, 5) is 4.12. The van der Waals surface area contributed by atoms with Crippen molar-refractivity contribution >= 4 is 0 Å². The van der Waals surface area contributed by atoms with Crippen LogP contribution in [-0.2, 0) is 17.6 Å². The van der Waals surface area contributed by atoms with E-state index in [0.717, 1.165) is 31.6 Å². The van der Waals surface area contributed by atoms with E-state index in [1.807, 2.05) is 12.4 Å². The summed E-state index contributed by atoms with van der Waals surface area (Å²) in [5, 5.41) is 0. The van der Waals surface area contributed by atoms with E-state index in [1.54, 1.807) is 0 Å². The molecule has 14 heavy (non-hydrogen) atoms. The van der Waals surface area contributed by atoms with Crippen molar-refractivity contribution in [1.29, 1.82) is 0 Å². The van der Waals surface area contributed by atoms with Crippen molar-refractivity contribution < 1.29 is 4.74 Å². The van der Waals surface area contributed by atoms with E-state index in [-0.39, 0.29) is 0 Å². The van der Waals surface area contributed by atoms with E-state index >= 15 is 0 Å². The monoisotopic (exact) mass is 189 g/mol. The first-order valence-electron chi connectivity index (χ1n) is 5.13. The molecule has 0 atom stereocenters. The molecule has 0 radical (unpaired) electrons. The normalized spacial score (nSPS) is 14.5. The quantitative estimate of drug-likeness (QED) is 0.728. The van der Waals surface area contributed by atoms with E-state index in [4.69, 9.17) is 4.74 Å². The molecule has 1 aliphatic carbocycles. The number of pyridine rings is 1. The highest BCUT2D eigenvalue weighted by molar-refractivity contribution is 5.32. The summed E-state index contributed by atoms with van der Waals surface area (Å²) in [6.45, 7) is 2.95. The van der Waals surface area contributed by atoms with Crippen molar-refractivity contribution in [3.05, 3.63) is 41.4 Å². The molecule has 0 saturated carbocycles. The summed E-state index contributed by atoms with van der Waals surface area (Å²) in [6.07, 6.45) is 8.92. The van der Waals surface area contributed by atoms with Crippen LogP contribution in [-0.4, -0.2) is 11.6 Å². The lowest BCUT2D eigenvalue weighted by molar-refractivity contribution is 0.204. The minimum Gasteiger partial charge on any atom is -0.498 e. The molecule has 0 unspecified atom stereocenters. The predicted octanol–water partition coefficient (Wildman–Crippen LogP) is 2.49. The van der Waals surface area contributed by atoms with Gasteiger partial charge in [0.2, 0.25) is 0 Å². The Hall–Kier alpha value is -1.31. The lowest BCUT2D eigenvalue weighted by Crippen LogP contribution is -2.06. The van der Waals surface area contributed by atoms with E-state index in [2.05, 4.69) is 24.1 Å². The van der Waals surface area contributed by atoms with E-state index in [1.165, 1.54) is 11.1 Å². The first kappa shape index (κ1) is 9.25. The summed E-state index contributed by atoms with van der Waals surface area (Å²) >= 11 is 0. The molecule has 1 heterocycles. The number of hydrogen-bond donors (Lipinski definition) is 0. The van der Waals surface area contributed by atoms with Gasteiger partial charge in [-0.25, -0.2) is 0 Å². The molecule has 0 bridgehead atoms. The van der Waals surface area contributed by atoms with Crippen molar-refractivity contribution in [1.82, 2.24) is 4.98 Å². The van der Waals surface area contributed by atoms with Crippen LogP contribution in [0.1, 0.15) is 24.5 Å². The van der Waals surface area contributed by atoms with Crippen LogP contribution in [0.25, 0.3) is 0 Å². The lowest BCUT2D eigenvalue weighted by atomic mass is 9.98. The van der Waals surface area contributed by atoms with Crippen molar-refractivity contribution in [2.45, 2.75) is 26.2 Å². The van der Waals surface area contributed by atoms with Crippen molar-refractivity contribution in [2.75, 3.05) is 6.61 Å². The Balaban J connectivity index is 2.05. The molecule has 0 N–H and O–H groups in total. The summed E-state index contributed by atoms with van der Waals surface area (Å²) in [5.41, 5.74) is 2.69. The highest BCUT2D eigenvalue weighted by atomic mass is 16.5. The molecule has 0 spiro atoms. The molecule has 0 aliphatic heterocycles. The van der Waals surface area contributed by atoms with E-state index in [0.29, 0.717) is 0 Å². The highest BCUT2D eigenvalue weighted by Crippen LogP contribution is 2.20. The van der Waals surface area contributed by atoms with Gasteiger partial charge in [0.05, 0.1) is 12.4 Å². The van der Waals surface area contributed by atoms with Gasteiger partial charge in [-0.2, -0.15) is 0 Å². The van der Waals surface area contributed by atoms with Crippen LogP contribution in [0.2, 0.25) is 0 Å². The highest BCUT2D eigenvalue weighted by Gasteiger charge is 2.10. The lowest BCUT2D eigenvalue weighted by Gasteiger charge is -2.16. The average Bonchev–Trinajstić information content (AvgIpc) is 2.26. The fraction of sp³-hybridized carbons (Fsp3) is 0.417. The summed E-state index contributed by atoms with van der Waals surface area (Å²) in [6, 6.07) is 2.08. The fourth-order valence-electron chi connectivity index (χ4n) is 1.64. The number of allylic oxidation sites excluding steroid dienone is 2. The number of aromatic nitrogens is 1. The maximum atomic E-state index is 5.63. The van der Waals surface area contributed by atoms with Crippen LogP contribution in [0.3, 0.4) is 0 Å². The Labute approximate surface area is 84.6 Å². The molecule has 2 nitrogen and oxygen atoms in total. The second-order valence-corrected chi connectivity index (χ2v) is 3.54. The van der Waals surface area contributed by atoms with Gasteiger partial charge >= 0.3 is 0 Å². The molecule has 0 aromatic carbocycles. The molecule has 1 aromatic heterocycles. The second-order valence-electron chi connectivity index (χ2n) is 3.54. The third kappa shape index (κ3) is 1.95. The van der Waals surface area contributed by atoms with Gasteiger partial charge in [-0.3, -0.25) is 4.98 Å². The van der Waals surface area contributed by atoms with Gasteiger partial charge in [0.15, 0.2) is 0 Å². The molecule has 2 heteroatoms.